The number of fused-ring (bicyclic) bond motifs is 4. The molecular formula is C26H28N2O5. The van der Waals surface area contributed by atoms with Crippen LogP contribution in [0.1, 0.15) is 42.7 Å². The van der Waals surface area contributed by atoms with E-state index in [0.29, 0.717) is 5.92 Å². The molecule has 3 aliphatic carbocycles. The number of hydrogen-bond donors (Lipinski definition) is 3. The van der Waals surface area contributed by atoms with Gasteiger partial charge in [-0.1, -0.05) is 48.5 Å². The Balaban J connectivity index is 1.12. The van der Waals surface area contributed by atoms with Gasteiger partial charge in [-0.2, -0.15) is 0 Å². The maximum Gasteiger partial charge on any atom is 0.407 e. The average Bonchev–Trinajstić information content (AvgIpc) is 3.31. The van der Waals surface area contributed by atoms with Gasteiger partial charge in [0.15, 0.2) is 0 Å². The van der Waals surface area contributed by atoms with Crippen LogP contribution in [0.4, 0.5) is 4.79 Å². The zero-order chi connectivity index (χ0) is 22.9. The van der Waals surface area contributed by atoms with E-state index in [-0.39, 0.29) is 49.3 Å². The fourth-order valence-corrected chi connectivity index (χ4v) is 5.83. The zero-order valence-electron chi connectivity index (χ0n) is 18.3. The van der Waals surface area contributed by atoms with Gasteiger partial charge in [-0.15, -0.1) is 0 Å². The highest BCUT2D eigenvalue weighted by Gasteiger charge is 2.50. The minimum Gasteiger partial charge on any atom is -0.481 e. The Morgan fingerprint density at radius 2 is 1.61 bits per heavy atom. The maximum absolute atomic E-state index is 12.6. The van der Waals surface area contributed by atoms with Gasteiger partial charge in [0, 0.05) is 24.4 Å². The molecule has 0 heterocycles. The number of alkyl carbamates (subject to hydrolysis) is 1. The van der Waals surface area contributed by atoms with E-state index in [1.165, 1.54) is 22.3 Å². The molecule has 2 fully saturated rings. The molecule has 3 aliphatic rings. The third-order valence-electron chi connectivity index (χ3n) is 7.48. The van der Waals surface area contributed by atoms with E-state index in [1.54, 1.807) is 0 Å². The number of nitrogens with one attached hydrogen (secondary N) is 2. The van der Waals surface area contributed by atoms with Crippen molar-refractivity contribution in [1.82, 2.24) is 10.6 Å². The summed E-state index contributed by atoms with van der Waals surface area (Å²) in [6, 6.07) is 16.5. The topological polar surface area (TPSA) is 105 Å². The van der Waals surface area contributed by atoms with Crippen LogP contribution in [-0.4, -0.2) is 42.3 Å². The summed E-state index contributed by atoms with van der Waals surface area (Å²) in [6.45, 7) is 0.441. The van der Waals surface area contributed by atoms with Crippen LogP contribution in [0.3, 0.4) is 0 Å². The van der Waals surface area contributed by atoms with E-state index >= 15 is 0 Å². The van der Waals surface area contributed by atoms with Crippen LogP contribution < -0.4 is 10.6 Å². The van der Waals surface area contributed by atoms with Crippen molar-refractivity contribution in [3.8, 4) is 11.1 Å². The van der Waals surface area contributed by atoms with Crippen molar-refractivity contribution >= 4 is 18.0 Å². The van der Waals surface area contributed by atoms with Gasteiger partial charge in [-0.05, 0) is 53.4 Å². The summed E-state index contributed by atoms with van der Waals surface area (Å²) in [7, 11) is 0. The third kappa shape index (κ3) is 4.19. The minimum absolute atomic E-state index is 0.0301. The summed E-state index contributed by atoms with van der Waals surface area (Å²) in [4.78, 5) is 35.5. The van der Waals surface area contributed by atoms with Gasteiger partial charge in [-0.25, -0.2) is 4.79 Å². The molecule has 0 radical (unpaired) electrons. The first kappa shape index (κ1) is 21.5. The van der Waals surface area contributed by atoms with Crippen molar-refractivity contribution < 1.29 is 24.2 Å². The molecule has 2 amide bonds. The van der Waals surface area contributed by atoms with E-state index in [1.807, 2.05) is 24.3 Å². The maximum atomic E-state index is 12.6. The molecule has 4 atom stereocenters. The van der Waals surface area contributed by atoms with Crippen molar-refractivity contribution in [2.24, 2.45) is 17.8 Å². The molecule has 0 spiro atoms. The number of carbonyl (C=O) groups is 3. The summed E-state index contributed by atoms with van der Waals surface area (Å²) < 4.78 is 5.66. The fraction of sp³-hybridized carbons (Fsp3) is 0.423. The summed E-state index contributed by atoms with van der Waals surface area (Å²) in [5, 5.41) is 14.4. The molecule has 2 aromatic rings. The number of hydrogen-bond acceptors (Lipinski definition) is 4. The van der Waals surface area contributed by atoms with Crippen LogP contribution in [0.5, 0.6) is 0 Å². The first-order chi connectivity index (χ1) is 16.0. The van der Waals surface area contributed by atoms with Gasteiger partial charge in [0.1, 0.15) is 6.61 Å². The fourth-order valence-electron chi connectivity index (χ4n) is 5.83. The summed E-state index contributed by atoms with van der Waals surface area (Å²) in [6.07, 6.45) is 1.89. The molecule has 7 nitrogen and oxygen atoms in total. The predicted molar refractivity (Wildman–Crippen MR) is 122 cm³/mol. The molecule has 7 heteroatoms. The lowest BCUT2D eigenvalue weighted by atomic mass is 9.71. The van der Waals surface area contributed by atoms with Crippen LogP contribution in [0.15, 0.2) is 48.5 Å². The highest BCUT2D eigenvalue weighted by molar-refractivity contribution is 5.80. The first-order valence-electron chi connectivity index (χ1n) is 11.6. The molecule has 5 rings (SSSR count). The highest BCUT2D eigenvalue weighted by atomic mass is 16.5. The van der Waals surface area contributed by atoms with Crippen LogP contribution in [-0.2, 0) is 14.3 Å². The lowest BCUT2D eigenvalue weighted by Gasteiger charge is -2.40. The Kier molecular flexibility index (Phi) is 5.79. The van der Waals surface area contributed by atoms with Gasteiger partial charge in [0.05, 0.1) is 6.42 Å². The second-order valence-electron chi connectivity index (χ2n) is 9.34. The standard InChI is InChI=1S/C26H28N2O5/c29-24(30)9-10-27-25(31)16-11-15-13-23(21(15)12-16)28-26(32)33-14-22-19-7-3-1-5-17(19)18-6-2-4-8-20(18)22/h1-8,15-16,21-23H,9-14H2,(H,27,31)(H,28,32)(H,29,30). The molecule has 2 aromatic carbocycles. The van der Waals surface area contributed by atoms with Gasteiger partial charge >= 0.3 is 12.1 Å². The molecule has 0 saturated heterocycles. The van der Waals surface area contributed by atoms with Crippen LogP contribution in [0, 0.1) is 17.8 Å². The monoisotopic (exact) mass is 448 g/mol. The van der Waals surface area contributed by atoms with Crippen molar-refractivity contribution in [3.05, 3.63) is 59.7 Å². The number of aliphatic carboxylic acids is 1. The summed E-state index contributed by atoms with van der Waals surface area (Å²) in [5.74, 6) is -0.370. The molecule has 0 aliphatic heterocycles. The van der Waals surface area contributed by atoms with Gasteiger partial charge in [0.2, 0.25) is 5.91 Å². The van der Waals surface area contributed by atoms with Crippen molar-refractivity contribution in [1.29, 1.82) is 0 Å². The molecule has 0 bridgehead atoms. The Bertz CT molecular complexity index is 1040. The molecule has 33 heavy (non-hydrogen) atoms. The minimum atomic E-state index is -0.922. The van der Waals surface area contributed by atoms with Crippen LogP contribution in [0.25, 0.3) is 11.1 Å². The smallest absolute Gasteiger partial charge is 0.407 e. The van der Waals surface area contributed by atoms with Gasteiger partial charge in [-0.3, -0.25) is 9.59 Å². The number of amides is 2. The Morgan fingerprint density at radius 3 is 2.27 bits per heavy atom. The summed E-state index contributed by atoms with van der Waals surface area (Å²) >= 11 is 0. The Hall–Kier alpha value is -3.35. The second-order valence-corrected chi connectivity index (χ2v) is 9.34. The van der Waals surface area contributed by atoms with Crippen molar-refractivity contribution in [2.45, 2.75) is 37.6 Å². The average molecular weight is 449 g/mol. The van der Waals surface area contributed by atoms with Gasteiger partial charge < -0.3 is 20.5 Å². The van der Waals surface area contributed by atoms with E-state index in [4.69, 9.17) is 9.84 Å². The number of carbonyl (C=O) groups excluding carboxylic acids is 2. The summed E-state index contributed by atoms with van der Waals surface area (Å²) in [5.41, 5.74) is 4.76. The van der Waals surface area contributed by atoms with Gasteiger partial charge in [0.25, 0.3) is 0 Å². The number of rotatable bonds is 7. The second kappa shape index (κ2) is 8.89. The Morgan fingerprint density at radius 1 is 0.939 bits per heavy atom. The lowest BCUT2D eigenvalue weighted by molar-refractivity contribution is -0.137. The largest absolute Gasteiger partial charge is 0.481 e. The third-order valence-corrected chi connectivity index (χ3v) is 7.48. The van der Waals surface area contributed by atoms with E-state index < -0.39 is 12.1 Å². The van der Waals surface area contributed by atoms with E-state index in [9.17, 15) is 14.4 Å². The lowest BCUT2D eigenvalue weighted by Crippen LogP contribution is -2.50. The quantitative estimate of drug-likeness (QED) is 0.601. The molecule has 172 valence electrons. The number of ether oxygens (including phenoxy) is 1. The predicted octanol–water partition coefficient (Wildman–Crippen LogP) is 3.53. The molecular weight excluding hydrogens is 420 g/mol. The zero-order valence-corrected chi connectivity index (χ0v) is 18.3. The molecule has 3 N–H and O–H groups in total. The Labute approximate surface area is 192 Å². The highest BCUT2D eigenvalue weighted by Crippen LogP contribution is 2.50. The van der Waals surface area contributed by atoms with Crippen molar-refractivity contribution in [2.75, 3.05) is 13.2 Å². The normalized spacial score (nSPS) is 24.7. The molecule has 4 unspecified atom stereocenters. The van der Waals surface area contributed by atoms with Crippen LogP contribution in [0.2, 0.25) is 0 Å². The number of carboxylic acids is 1. The van der Waals surface area contributed by atoms with Crippen LogP contribution >= 0.6 is 0 Å². The number of carboxylic acid groups (broad SMARTS) is 1. The van der Waals surface area contributed by atoms with Crippen molar-refractivity contribution in [3.63, 3.8) is 0 Å². The SMILES string of the molecule is O=C(O)CCNC(=O)C1CC2CC(NC(=O)OCC3c4ccccc4-c4ccccc43)C2C1. The van der Waals surface area contributed by atoms with E-state index in [2.05, 4.69) is 34.9 Å². The van der Waals surface area contributed by atoms with E-state index in [0.717, 1.165) is 19.3 Å². The first-order valence-corrected chi connectivity index (χ1v) is 11.6. The number of benzene rings is 2. The molecule has 2 saturated carbocycles. The molecule has 0 aromatic heterocycles.